The first-order valence-electron chi connectivity index (χ1n) is 5.90. The van der Waals surface area contributed by atoms with Crippen molar-refractivity contribution in [3.05, 3.63) is 59.4 Å². The molecule has 3 nitrogen and oxygen atoms in total. The van der Waals surface area contributed by atoms with E-state index in [-0.39, 0.29) is 11.3 Å². The Morgan fingerprint density at radius 1 is 1.15 bits per heavy atom. The van der Waals surface area contributed by atoms with Crippen LogP contribution in [0.1, 0.15) is 22.9 Å². The molecule has 2 rings (SSSR count). The molecule has 0 amide bonds. The molecule has 2 aromatic rings. The molecule has 0 fully saturated rings. The fraction of sp³-hybridized carbons (Fsp3) is 0.214. The van der Waals surface area contributed by atoms with E-state index in [4.69, 9.17) is 5.73 Å². The zero-order valence-corrected chi connectivity index (χ0v) is 10.7. The number of aryl methyl sites for hydroxylation is 1. The number of hydrogen-bond donors (Lipinski definition) is 1. The largest absolute Gasteiger partial charge is 0.573 e. The Balaban J connectivity index is 2.40. The van der Waals surface area contributed by atoms with Gasteiger partial charge >= 0.3 is 6.36 Å². The lowest BCUT2D eigenvalue weighted by Crippen LogP contribution is -2.21. The summed E-state index contributed by atoms with van der Waals surface area (Å²) in [7, 11) is 0. The highest BCUT2D eigenvalue weighted by Gasteiger charge is 2.33. The smallest absolute Gasteiger partial charge is 0.405 e. The minimum absolute atomic E-state index is 0.242. The summed E-state index contributed by atoms with van der Waals surface area (Å²) in [6, 6.07) is 8.56. The number of rotatable bonds is 3. The highest BCUT2D eigenvalue weighted by Crippen LogP contribution is 2.32. The number of aromatic nitrogens is 1. The van der Waals surface area contributed by atoms with Gasteiger partial charge < -0.3 is 10.5 Å². The van der Waals surface area contributed by atoms with Crippen LogP contribution in [0, 0.1) is 6.92 Å². The van der Waals surface area contributed by atoms with Crippen LogP contribution in [0.5, 0.6) is 5.75 Å². The van der Waals surface area contributed by atoms with Crippen molar-refractivity contribution in [1.82, 2.24) is 4.98 Å². The van der Waals surface area contributed by atoms with Gasteiger partial charge in [-0.1, -0.05) is 24.3 Å². The molecule has 0 radical (unpaired) electrons. The lowest BCUT2D eigenvalue weighted by Gasteiger charge is -2.18. The van der Waals surface area contributed by atoms with Gasteiger partial charge in [0.15, 0.2) is 0 Å². The topological polar surface area (TPSA) is 48.1 Å². The number of ether oxygens (including phenoxy) is 1. The normalized spacial score (nSPS) is 13.1. The first-order valence-corrected chi connectivity index (χ1v) is 5.90. The molecule has 0 saturated heterocycles. The molecular formula is C14H13F3N2O. The summed E-state index contributed by atoms with van der Waals surface area (Å²) in [5, 5.41) is 0. The van der Waals surface area contributed by atoms with Crippen LogP contribution in [0.3, 0.4) is 0 Å². The second-order valence-electron chi connectivity index (χ2n) is 4.27. The van der Waals surface area contributed by atoms with Crippen molar-refractivity contribution in [3.8, 4) is 5.75 Å². The maximum atomic E-state index is 12.4. The zero-order chi connectivity index (χ0) is 14.8. The maximum Gasteiger partial charge on any atom is 0.573 e. The highest BCUT2D eigenvalue weighted by atomic mass is 19.4. The number of halogens is 3. The fourth-order valence-corrected chi connectivity index (χ4v) is 1.93. The molecule has 6 heteroatoms. The van der Waals surface area contributed by atoms with E-state index in [0.717, 1.165) is 5.56 Å². The third-order valence-corrected chi connectivity index (χ3v) is 2.82. The Bertz CT molecular complexity index is 599. The van der Waals surface area contributed by atoms with E-state index in [9.17, 15) is 13.2 Å². The van der Waals surface area contributed by atoms with Crippen LogP contribution in [0.2, 0.25) is 0 Å². The SMILES string of the molecule is Cc1cccnc1C(N)c1ccccc1OC(F)(F)F. The van der Waals surface area contributed by atoms with Crippen LogP contribution in [-0.4, -0.2) is 11.3 Å². The third kappa shape index (κ3) is 3.27. The van der Waals surface area contributed by atoms with Crippen molar-refractivity contribution in [2.75, 3.05) is 0 Å². The molecular weight excluding hydrogens is 269 g/mol. The standard InChI is InChI=1S/C14H13F3N2O/c1-9-5-4-8-19-13(9)12(18)10-6-2-3-7-11(10)20-14(15,16)17/h2-8,12H,18H2,1H3. The molecule has 0 saturated carbocycles. The van der Waals surface area contributed by atoms with E-state index >= 15 is 0 Å². The molecule has 106 valence electrons. The van der Waals surface area contributed by atoms with E-state index in [1.807, 2.05) is 0 Å². The molecule has 0 aliphatic carbocycles. The van der Waals surface area contributed by atoms with Crippen LogP contribution in [0.25, 0.3) is 0 Å². The molecule has 0 spiro atoms. The maximum absolute atomic E-state index is 12.4. The van der Waals surface area contributed by atoms with Crippen LogP contribution in [-0.2, 0) is 0 Å². The van der Waals surface area contributed by atoms with Crippen LogP contribution >= 0.6 is 0 Å². The van der Waals surface area contributed by atoms with Gasteiger partial charge in [0.05, 0.1) is 11.7 Å². The Kier molecular flexibility index (Phi) is 3.94. The minimum Gasteiger partial charge on any atom is -0.405 e. The highest BCUT2D eigenvalue weighted by molar-refractivity contribution is 5.41. The Morgan fingerprint density at radius 2 is 1.85 bits per heavy atom. The molecule has 0 aliphatic heterocycles. The summed E-state index contributed by atoms with van der Waals surface area (Å²) in [6.07, 6.45) is -3.20. The van der Waals surface area contributed by atoms with E-state index in [0.29, 0.717) is 5.69 Å². The average molecular weight is 282 g/mol. The third-order valence-electron chi connectivity index (χ3n) is 2.82. The van der Waals surface area contributed by atoms with Crippen molar-refractivity contribution in [2.45, 2.75) is 19.3 Å². The average Bonchev–Trinajstić information content (AvgIpc) is 2.37. The number of pyridine rings is 1. The molecule has 0 bridgehead atoms. The van der Waals surface area contributed by atoms with Crippen molar-refractivity contribution in [3.63, 3.8) is 0 Å². The predicted molar refractivity (Wildman–Crippen MR) is 68.1 cm³/mol. The summed E-state index contributed by atoms with van der Waals surface area (Å²) in [4.78, 5) is 4.13. The first kappa shape index (κ1) is 14.3. The summed E-state index contributed by atoms with van der Waals surface area (Å²) >= 11 is 0. The molecule has 20 heavy (non-hydrogen) atoms. The van der Waals surface area contributed by atoms with Gasteiger partial charge in [-0.15, -0.1) is 13.2 Å². The van der Waals surface area contributed by atoms with Gasteiger partial charge in [-0.2, -0.15) is 0 Å². The van der Waals surface area contributed by atoms with Crippen LogP contribution in [0.15, 0.2) is 42.6 Å². The molecule has 0 aliphatic rings. The summed E-state index contributed by atoms with van der Waals surface area (Å²) in [5.74, 6) is -0.308. The van der Waals surface area contributed by atoms with Gasteiger partial charge in [0.25, 0.3) is 0 Å². The predicted octanol–water partition coefficient (Wildman–Crippen LogP) is 3.34. The van der Waals surface area contributed by atoms with Crippen molar-refractivity contribution >= 4 is 0 Å². The Labute approximate surface area is 114 Å². The Hall–Kier alpha value is -2.08. The van der Waals surface area contributed by atoms with Gasteiger partial charge in [0.2, 0.25) is 0 Å². The summed E-state index contributed by atoms with van der Waals surface area (Å²) in [6.45, 7) is 1.80. The molecule has 1 atom stereocenters. The lowest BCUT2D eigenvalue weighted by molar-refractivity contribution is -0.274. The molecule has 1 aromatic heterocycles. The van der Waals surface area contributed by atoms with Crippen LogP contribution < -0.4 is 10.5 Å². The monoisotopic (exact) mass is 282 g/mol. The van der Waals surface area contributed by atoms with Gasteiger partial charge in [0, 0.05) is 11.8 Å². The molecule has 1 heterocycles. The van der Waals surface area contributed by atoms with Crippen molar-refractivity contribution in [2.24, 2.45) is 5.73 Å². The van der Waals surface area contributed by atoms with Gasteiger partial charge in [0.1, 0.15) is 5.75 Å². The number of para-hydroxylation sites is 1. The Morgan fingerprint density at radius 3 is 2.50 bits per heavy atom. The van der Waals surface area contributed by atoms with Gasteiger partial charge in [-0.05, 0) is 24.6 Å². The number of hydrogen-bond acceptors (Lipinski definition) is 3. The molecule has 1 aromatic carbocycles. The second-order valence-corrected chi connectivity index (χ2v) is 4.27. The molecule has 1 unspecified atom stereocenters. The zero-order valence-electron chi connectivity index (χ0n) is 10.7. The summed E-state index contributed by atoms with van der Waals surface area (Å²) < 4.78 is 41.2. The quantitative estimate of drug-likeness (QED) is 0.939. The van der Waals surface area contributed by atoms with E-state index < -0.39 is 12.4 Å². The van der Waals surface area contributed by atoms with E-state index in [2.05, 4.69) is 9.72 Å². The van der Waals surface area contributed by atoms with Gasteiger partial charge in [-0.25, -0.2) is 0 Å². The lowest BCUT2D eigenvalue weighted by atomic mass is 10.00. The first-order chi connectivity index (χ1) is 9.38. The number of nitrogens with zero attached hydrogens (tertiary/aromatic N) is 1. The number of nitrogens with two attached hydrogens (primary N) is 1. The minimum atomic E-state index is -4.75. The number of benzene rings is 1. The second kappa shape index (κ2) is 5.50. The van der Waals surface area contributed by atoms with E-state index in [1.54, 1.807) is 31.3 Å². The van der Waals surface area contributed by atoms with Crippen molar-refractivity contribution < 1.29 is 17.9 Å². The summed E-state index contributed by atoms with van der Waals surface area (Å²) in [5.41, 5.74) is 7.60. The van der Waals surface area contributed by atoms with E-state index in [1.165, 1.54) is 18.2 Å². The number of alkyl halides is 3. The fourth-order valence-electron chi connectivity index (χ4n) is 1.93. The van der Waals surface area contributed by atoms with Gasteiger partial charge in [-0.3, -0.25) is 4.98 Å². The van der Waals surface area contributed by atoms with Crippen LogP contribution in [0.4, 0.5) is 13.2 Å². The molecule has 2 N–H and O–H groups in total. The van der Waals surface area contributed by atoms with Crippen molar-refractivity contribution in [1.29, 1.82) is 0 Å².